The molecule has 29 heavy (non-hydrogen) atoms. The molecule has 1 aromatic heterocycles. The van der Waals surface area contributed by atoms with Crippen molar-refractivity contribution in [1.29, 1.82) is 0 Å². The second kappa shape index (κ2) is 9.13. The molecule has 1 aromatic carbocycles. The summed E-state index contributed by atoms with van der Waals surface area (Å²) in [6.45, 7) is 6.69. The molecule has 6 nitrogen and oxygen atoms in total. The maximum Gasteiger partial charge on any atom is 0.191 e. The van der Waals surface area contributed by atoms with Gasteiger partial charge in [0.15, 0.2) is 11.1 Å². The number of anilines is 1. The molecule has 1 unspecified atom stereocenters. The molecule has 1 atom stereocenters. The van der Waals surface area contributed by atoms with Crippen molar-refractivity contribution in [1.82, 2.24) is 15.2 Å². The van der Waals surface area contributed by atoms with E-state index in [1.54, 1.807) is 11.3 Å². The zero-order chi connectivity index (χ0) is 20.1. The molecule has 156 valence electrons. The minimum Gasteiger partial charge on any atom is -0.370 e. The summed E-state index contributed by atoms with van der Waals surface area (Å²) in [5, 5.41) is 7.03. The fourth-order valence-corrected chi connectivity index (χ4v) is 5.21. The minimum atomic E-state index is 0.0581. The summed E-state index contributed by atoms with van der Waals surface area (Å²) in [5.41, 5.74) is 7.79. The first-order valence-corrected chi connectivity index (χ1v) is 11.6. The molecule has 1 aliphatic carbocycles. The Hall–Kier alpha value is -2.12. The highest BCUT2D eigenvalue weighted by Gasteiger charge is 2.35. The Morgan fingerprint density at radius 1 is 1.21 bits per heavy atom. The molecule has 0 radical (unpaired) electrons. The van der Waals surface area contributed by atoms with Gasteiger partial charge in [-0.1, -0.05) is 43.2 Å². The number of hydrogen-bond donors (Lipinski definition) is 2. The Bertz CT molecular complexity index is 777. The molecule has 2 fully saturated rings. The highest BCUT2D eigenvalue weighted by Crippen LogP contribution is 2.32. The summed E-state index contributed by atoms with van der Waals surface area (Å²) >= 11 is 1.70. The van der Waals surface area contributed by atoms with E-state index in [-0.39, 0.29) is 5.54 Å². The number of piperazine rings is 1. The van der Waals surface area contributed by atoms with Crippen molar-refractivity contribution in [3.8, 4) is 0 Å². The lowest BCUT2D eigenvalue weighted by Crippen LogP contribution is -2.52. The van der Waals surface area contributed by atoms with Gasteiger partial charge in [0.05, 0.1) is 6.54 Å². The Kier molecular flexibility index (Phi) is 6.35. The van der Waals surface area contributed by atoms with Crippen LogP contribution in [0, 0.1) is 0 Å². The molecule has 1 aliphatic heterocycles. The predicted molar refractivity (Wildman–Crippen MR) is 122 cm³/mol. The van der Waals surface area contributed by atoms with E-state index in [9.17, 15) is 0 Å². The predicted octanol–water partition coefficient (Wildman–Crippen LogP) is 3.24. The zero-order valence-electron chi connectivity index (χ0n) is 17.3. The summed E-state index contributed by atoms with van der Waals surface area (Å²) in [6, 6.07) is 11.0. The molecular weight excluding hydrogens is 380 g/mol. The van der Waals surface area contributed by atoms with Gasteiger partial charge in [-0.3, -0.25) is 4.99 Å². The van der Waals surface area contributed by atoms with Gasteiger partial charge in [-0.15, -0.1) is 11.3 Å². The lowest BCUT2D eigenvalue weighted by Gasteiger charge is -2.36. The molecule has 0 spiro atoms. The Morgan fingerprint density at radius 2 is 1.93 bits per heavy atom. The van der Waals surface area contributed by atoms with Crippen molar-refractivity contribution in [2.75, 3.05) is 37.6 Å². The fourth-order valence-electron chi connectivity index (χ4n) is 4.52. The van der Waals surface area contributed by atoms with Crippen molar-refractivity contribution in [2.45, 2.75) is 44.2 Å². The average molecular weight is 413 g/mol. The quantitative estimate of drug-likeness (QED) is 0.563. The molecule has 2 aliphatic rings. The van der Waals surface area contributed by atoms with Crippen LogP contribution in [0.1, 0.15) is 44.2 Å². The van der Waals surface area contributed by atoms with E-state index < -0.39 is 0 Å². The van der Waals surface area contributed by atoms with Gasteiger partial charge in [-0.2, -0.15) is 0 Å². The summed E-state index contributed by atoms with van der Waals surface area (Å²) in [4.78, 5) is 13.8. The maximum absolute atomic E-state index is 6.41. The number of nitrogens with two attached hydrogens (primary N) is 1. The van der Waals surface area contributed by atoms with Crippen LogP contribution in [0.15, 0.2) is 46.9 Å². The molecule has 2 heterocycles. The lowest BCUT2D eigenvalue weighted by atomic mass is 9.95. The standard InChI is InChI=1S/C22H32N6S/c1-18(19-7-3-2-4-8-19)26-22(9-5-6-10-22)17-25-20(23)27-12-14-28(15-13-27)21-24-11-16-29-21/h2-4,7-8,11,16,18,26H,5-6,9-10,12-15,17H2,1H3,(H2,23,25). The van der Waals surface area contributed by atoms with Crippen molar-refractivity contribution >= 4 is 22.4 Å². The number of hydrogen-bond acceptors (Lipinski definition) is 5. The molecule has 7 heteroatoms. The van der Waals surface area contributed by atoms with Gasteiger partial charge in [0.25, 0.3) is 0 Å². The lowest BCUT2D eigenvalue weighted by molar-refractivity contribution is 0.305. The first-order valence-electron chi connectivity index (χ1n) is 10.7. The largest absolute Gasteiger partial charge is 0.370 e. The second-order valence-electron chi connectivity index (χ2n) is 8.23. The first kappa shape index (κ1) is 20.2. The third kappa shape index (κ3) is 4.90. The third-order valence-electron chi connectivity index (χ3n) is 6.22. The van der Waals surface area contributed by atoms with Crippen molar-refractivity contribution in [3.63, 3.8) is 0 Å². The Balaban J connectivity index is 1.35. The summed E-state index contributed by atoms with van der Waals surface area (Å²) in [6.07, 6.45) is 6.72. The van der Waals surface area contributed by atoms with Crippen LogP contribution >= 0.6 is 11.3 Å². The molecule has 0 amide bonds. The number of aliphatic imine (C=N–C) groups is 1. The number of benzene rings is 1. The smallest absolute Gasteiger partial charge is 0.191 e. The van der Waals surface area contributed by atoms with Gasteiger partial charge in [0, 0.05) is 49.3 Å². The number of guanidine groups is 1. The monoisotopic (exact) mass is 412 g/mol. The summed E-state index contributed by atoms with van der Waals surface area (Å²) in [5.74, 6) is 0.684. The van der Waals surface area contributed by atoms with E-state index in [4.69, 9.17) is 10.7 Å². The van der Waals surface area contributed by atoms with Crippen LogP contribution < -0.4 is 16.0 Å². The van der Waals surface area contributed by atoms with Gasteiger partial charge in [0.2, 0.25) is 0 Å². The van der Waals surface area contributed by atoms with E-state index in [1.807, 2.05) is 11.6 Å². The maximum atomic E-state index is 6.41. The van der Waals surface area contributed by atoms with Crippen LogP contribution in [-0.4, -0.2) is 54.1 Å². The van der Waals surface area contributed by atoms with Crippen LogP contribution in [-0.2, 0) is 0 Å². The molecule has 0 bridgehead atoms. The normalized spacial score (nSPS) is 20.8. The van der Waals surface area contributed by atoms with Gasteiger partial charge in [-0.05, 0) is 25.3 Å². The van der Waals surface area contributed by atoms with E-state index in [0.717, 1.165) is 37.9 Å². The van der Waals surface area contributed by atoms with Crippen LogP contribution in [0.25, 0.3) is 0 Å². The summed E-state index contributed by atoms with van der Waals surface area (Å²) in [7, 11) is 0. The number of aromatic nitrogens is 1. The highest BCUT2D eigenvalue weighted by atomic mass is 32.1. The van der Waals surface area contributed by atoms with Gasteiger partial charge in [0.1, 0.15) is 0 Å². The number of rotatable bonds is 6. The minimum absolute atomic E-state index is 0.0581. The van der Waals surface area contributed by atoms with E-state index in [2.05, 4.69) is 57.4 Å². The molecular formula is C22H32N6S. The van der Waals surface area contributed by atoms with E-state index >= 15 is 0 Å². The Morgan fingerprint density at radius 3 is 2.59 bits per heavy atom. The van der Waals surface area contributed by atoms with Crippen molar-refractivity contribution in [2.24, 2.45) is 10.7 Å². The zero-order valence-corrected chi connectivity index (χ0v) is 18.1. The molecule has 1 saturated carbocycles. The number of thiazole rings is 1. The van der Waals surface area contributed by atoms with E-state index in [0.29, 0.717) is 12.0 Å². The van der Waals surface area contributed by atoms with Crippen molar-refractivity contribution in [3.05, 3.63) is 47.5 Å². The van der Waals surface area contributed by atoms with Crippen LogP contribution in [0.3, 0.4) is 0 Å². The summed E-state index contributed by atoms with van der Waals surface area (Å²) < 4.78 is 0. The fraction of sp³-hybridized carbons (Fsp3) is 0.545. The molecule has 3 N–H and O–H groups in total. The van der Waals surface area contributed by atoms with Gasteiger partial charge < -0.3 is 20.9 Å². The van der Waals surface area contributed by atoms with Crippen LogP contribution in [0.4, 0.5) is 5.13 Å². The molecule has 1 saturated heterocycles. The SMILES string of the molecule is CC(NC1(CN=C(N)N2CCN(c3nccs3)CC2)CCCC1)c1ccccc1. The van der Waals surface area contributed by atoms with Crippen LogP contribution in [0.2, 0.25) is 0 Å². The second-order valence-corrected chi connectivity index (χ2v) is 9.10. The molecule has 4 rings (SSSR count). The third-order valence-corrected chi connectivity index (χ3v) is 7.05. The van der Waals surface area contributed by atoms with Gasteiger partial charge >= 0.3 is 0 Å². The van der Waals surface area contributed by atoms with Crippen LogP contribution in [0.5, 0.6) is 0 Å². The number of nitrogens with zero attached hydrogens (tertiary/aromatic N) is 4. The van der Waals surface area contributed by atoms with Gasteiger partial charge in [-0.25, -0.2) is 4.98 Å². The van der Waals surface area contributed by atoms with Crippen molar-refractivity contribution < 1.29 is 0 Å². The topological polar surface area (TPSA) is 69.8 Å². The highest BCUT2D eigenvalue weighted by molar-refractivity contribution is 7.13. The van der Waals surface area contributed by atoms with E-state index in [1.165, 1.54) is 31.2 Å². The number of nitrogens with one attached hydrogen (secondary N) is 1. The first-order chi connectivity index (χ1) is 14.2. The average Bonchev–Trinajstić information content (AvgIpc) is 3.46. The molecule has 2 aromatic rings. The Labute approximate surface area is 177 Å².